The maximum Gasteiger partial charge on any atom is 0.482 e. The lowest BCUT2D eigenvalue weighted by molar-refractivity contribution is -0.199. The minimum atomic E-state index is -1.14. The molecule has 3 aliphatic carbocycles. The van der Waals surface area contributed by atoms with Crippen molar-refractivity contribution in [2.75, 3.05) is 21.3 Å². The molecule has 0 aromatic heterocycles. The molecule has 3 N–H and O–H groups in total. The molecule has 250 valence electrons. The molecule has 2 aromatic rings. The first-order valence-corrected chi connectivity index (χ1v) is 16.1. The lowest BCUT2D eigenvalue weighted by Gasteiger charge is -2.64. The lowest BCUT2D eigenvalue weighted by atomic mass is 9.43. The van der Waals surface area contributed by atoms with Gasteiger partial charge in [-0.15, -0.1) is 0 Å². The summed E-state index contributed by atoms with van der Waals surface area (Å²) in [6, 6.07) is 7.42. The number of ether oxygens (including phenoxy) is 4. The summed E-state index contributed by atoms with van der Waals surface area (Å²) in [7, 11) is 3.69. The summed E-state index contributed by atoms with van der Waals surface area (Å²) in [5.41, 5.74) is 6.78. The molecule has 12 heteroatoms. The quantitative estimate of drug-likeness (QED) is 0.258. The summed E-state index contributed by atoms with van der Waals surface area (Å²) in [6.45, 7) is 12.1. The number of amides is 1. The SMILES string of the molecule is COc1ccc(C(N)C(=O)N[C@@H](Cc2cccc(C(=O)OC(C)(C)C)c2OC)B2O[C@@H]3C[C@@H]4C[C@@H](C4(C)C)[C@]3(C)O2)c(Cl)c1OC. The van der Waals surface area contributed by atoms with Gasteiger partial charge in [0.05, 0.1) is 44.0 Å². The number of para-hydroxylation sites is 1. The Bertz CT molecular complexity index is 1500. The number of rotatable bonds is 10. The zero-order valence-corrected chi connectivity index (χ0v) is 28.9. The predicted octanol–water partition coefficient (Wildman–Crippen LogP) is 5.32. The topological polar surface area (TPSA) is 128 Å². The van der Waals surface area contributed by atoms with E-state index < -0.39 is 42.2 Å². The van der Waals surface area contributed by atoms with Crippen molar-refractivity contribution in [1.82, 2.24) is 5.32 Å². The summed E-state index contributed by atoms with van der Waals surface area (Å²) in [4.78, 5) is 27.0. The Morgan fingerprint density at radius 2 is 1.76 bits per heavy atom. The van der Waals surface area contributed by atoms with E-state index in [1.807, 2.05) is 6.07 Å². The van der Waals surface area contributed by atoms with Crippen LogP contribution in [-0.4, -0.2) is 63.6 Å². The molecule has 1 unspecified atom stereocenters. The molecular formula is C34H46BClN2O8. The van der Waals surface area contributed by atoms with Gasteiger partial charge in [-0.05, 0) is 81.9 Å². The maximum atomic E-state index is 13.9. The Morgan fingerprint density at radius 1 is 1.07 bits per heavy atom. The Labute approximate surface area is 277 Å². The van der Waals surface area contributed by atoms with Crippen LogP contribution >= 0.6 is 11.6 Å². The fourth-order valence-corrected chi connectivity index (χ4v) is 7.91. The summed E-state index contributed by atoms with van der Waals surface area (Å²) in [5, 5.41) is 3.28. The third kappa shape index (κ3) is 6.07. The monoisotopic (exact) mass is 656 g/mol. The normalized spacial score (nSPS) is 25.9. The van der Waals surface area contributed by atoms with Crippen LogP contribution in [0.4, 0.5) is 0 Å². The van der Waals surface area contributed by atoms with Gasteiger partial charge in [-0.25, -0.2) is 4.79 Å². The van der Waals surface area contributed by atoms with Gasteiger partial charge in [0, 0.05) is 5.56 Å². The van der Waals surface area contributed by atoms with Crippen molar-refractivity contribution in [3.05, 3.63) is 52.0 Å². The van der Waals surface area contributed by atoms with Crippen molar-refractivity contribution in [3.8, 4) is 17.2 Å². The van der Waals surface area contributed by atoms with Crippen molar-refractivity contribution >= 4 is 30.6 Å². The highest BCUT2D eigenvalue weighted by Crippen LogP contribution is 2.65. The van der Waals surface area contributed by atoms with Crippen LogP contribution in [0, 0.1) is 17.3 Å². The first-order chi connectivity index (χ1) is 21.5. The van der Waals surface area contributed by atoms with Gasteiger partial charge in [-0.2, -0.15) is 0 Å². The Morgan fingerprint density at radius 3 is 2.37 bits per heavy atom. The van der Waals surface area contributed by atoms with Gasteiger partial charge in [0.15, 0.2) is 11.5 Å². The van der Waals surface area contributed by atoms with Crippen LogP contribution in [0.3, 0.4) is 0 Å². The standard InChI is InChI=1S/C34H46BClN2O8/c1-32(2,3)44-31(40)21-12-10-11-18(28(21)42-8)15-25(35-45-24-17-19-16-23(33(19,4)5)34(24,6)46-35)38-30(39)27(37)20-13-14-22(41-7)29(43-9)26(20)36/h10-14,19,23-25,27H,15-17,37H2,1-9H3,(H,38,39)/t19-,23-,24+,25-,27?,34-/m0/s1. The number of carbonyl (C=O) groups excluding carboxylic acids is 2. The van der Waals surface area contributed by atoms with Crippen molar-refractivity contribution < 1.29 is 37.8 Å². The predicted molar refractivity (Wildman–Crippen MR) is 175 cm³/mol. The van der Waals surface area contributed by atoms with Gasteiger partial charge in [0.25, 0.3) is 0 Å². The minimum Gasteiger partial charge on any atom is -0.496 e. The highest BCUT2D eigenvalue weighted by Gasteiger charge is 2.68. The molecule has 2 bridgehead atoms. The minimum absolute atomic E-state index is 0.113. The van der Waals surface area contributed by atoms with Crippen LogP contribution in [-0.2, 0) is 25.3 Å². The first kappa shape index (κ1) is 34.4. The number of nitrogens with two attached hydrogens (primary N) is 1. The molecular weight excluding hydrogens is 611 g/mol. The number of nitrogens with one attached hydrogen (secondary N) is 1. The second-order valence-electron chi connectivity index (χ2n) is 14.3. The Balaban J connectivity index is 1.47. The maximum absolute atomic E-state index is 13.9. The average Bonchev–Trinajstić information content (AvgIpc) is 3.36. The van der Waals surface area contributed by atoms with E-state index in [9.17, 15) is 9.59 Å². The van der Waals surface area contributed by atoms with E-state index in [0.29, 0.717) is 34.5 Å². The molecule has 1 saturated heterocycles. The van der Waals surface area contributed by atoms with E-state index in [2.05, 4.69) is 26.1 Å². The summed E-state index contributed by atoms with van der Waals surface area (Å²) in [5.74, 6) is 0.246. The molecule has 1 amide bonds. The number of methoxy groups -OCH3 is 3. The highest BCUT2D eigenvalue weighted by molar-refractivity contribution is 6.48. The summed E-state index contributed by atoms with van der Waals surface area (Å²) >= 11 is 6.63. The molecule has 3 saturated carbocycles. The number of carbonyl (C=O) groups is 2. The second-order valence-corrected chi connectivity index (χ2v) is 14.7. The van der Waals surface area contributed by atoms with Crippen molar-refractivity contribution in [1.29, 1.82) is 0 Å². The van der Waals surface area contributed by atoms with Gasteiger partial charge in [-0.1, -0.05) is 43.6 Å². The molecule has 1 aliphatic heterocycles. The van der Waals surface area contributed by atoms with E-state index >= 15 is 0 Å². The van der Waals surface area contributed by atoms with Gasteiger partial charge >= 0.3 is 13.1 Å². The Kier molecular flexibility index (Phi) is 9.38. The molecule has 4 aliphatic rings. The van der Waals surface area contributed by atoms with Crippen molar-refractivity contribution in [2.24, 2.45) is 23.0 Å². The third-order valence-corrected chi connectivity index (χ3v) is 10.5. The molecule has 0 spiro atoms. The lowest BCUT2D eigenvalue weighted by Crippen LogP contribution is -2.65. The van der Waals surface area contributed by atoms with Crippen LogP contribution in [0.5, 0.6) is 17.2 Å². The number of halogens is 1. The number of esters is 1. The number of hydrogen-bond acceptors (Lipinski definition) is 9. The van der Waals surface area contributed by atoms with Gasteiger partial charge in [0.2, 0.25) is 5.91 Å². The second kappa shape index (κ2) is 12.6. The number of benzene rings is 2. The van der Waals surface area contributed by atoms with Crippen LogP contribution < -0.4 is 25.3 Å². The molecule has 6 atom stereocenters. The fraction of sp³-hybridized carbons (Fsp3) is 0.588. The molecule has 0 radical (unpaired) electrons. The summed E-state index contributed by atoms with van der Waals surface area (Å²) < 4.78 is 35.6. The highest BCUT2D eigenvalue weighted by atomic mass is 35.5. The average molecular weight is 657 g/mol. The van der Waals surface area contributed by atoms with Crippen LogP contribution in [0.25, 0.3) is 0 Å². The van der Waals surface area contributed by atoms with E-state index in [4.69, 9.17) is 45.6 Å². The Hall–Kier alpha value is -2.99. The van der Waals surface area contributed by atoms with Crippen molar-refractivity contribution in [2.45, 2.75) is 90.1 Å². The zero-order valence-electron chi connectivity index (χ0n) is 28.2. The largest absolute Gasteiger partial charge is 0.496 e. The molecule has 10 nitrogen and oxygen atoms in total. The fourth-order valence-electron chi connectivity index (χ4n) is 7.56. The zero-order chi connectivity index (χ0) is 33.8. The molecule has 6 rings (SSSR count). The van der Waals surface area contributed by atoms with Crippen LogP contribution in [0.1, 0.15) is 81.9 Å². The molecule has 1 heterocycles. The molecule has 2 aromatic carbocycles. The van der Waals surface area contributed by atoms with Crippen LogP contribution in [0.2, 0.25) is 5.02 Å². The third-order valence-electron chi connectivity index (χ3n) is 10.1. The smallest absolute Gasteiger partial charge is 0.482 e. The van der Waals surface area contributed by atoms with E-state index in [1.165, 1.54) is 21.3 Å². The van der Waals surface area contributed by atoms with E-state index in [-0.39, 0.29) is 34.3 Å². The molecule has 46 heavy (non-hydrogen) atoms. The van der Waals surface area contributed by atoms with Gasteiger partial charge < -0.3 is 39.3 Å². The van der Waals surface area contributed by atoms with E-state index in [0.717, 1.165) is 12.8 Å². The van der Waals surface area contributed by atoms with E-state index in [1.54, 1.807) is 45.0 Å². The van der Waals surface area contributed by atoms with Crippen LogP contribution in [0.15, 0.2) is 30.3 Å². The molecule has 4 fully saturated rings. The van der Waals surface area contributed by atoms with Crippen molar-refractivity contribution in [3.63, 3.8) is 0 Å². The van der Waals surface area contributed by atoms with Gasteiger partial charge in [-0.3, -0.25) is 4.79 Å². The summed E-state index contributed by atoms with van der Waals surface area (Å²) in [6.07, 6.45) is 2.08. The number of hydrogen-bond donors (Lipinski definition) is 2. The first-order valence-electron chi connectivity index (χ1n) is 15.7. The van der Waals surface area contributed by atoms with Gasteiger partial charge in [0.1, 0.15) is 23.0 Å².